The van der Waals surface area contributed by atoms with Crippen LogP contribution in [0.3, 0.4) is 0 Å². The van der Waals surface area contributed by atoms with Gasteiger partial charge in [-0.25, -0.2) is 5.43 Å². The molecule has 0 fully saturated rings. The van der Waals surface area contributed by atoms with Gasteiger partial charge in [-0.15, -0.1) is 10.2 Å². The van der Waals surface area contributed by atoms with Crippen molar-refractivity contribution in [3.8, 4) is 34.3 Å². The van der Waals surface area contributed by atoms with Crippen molar-refractivity contribution in [2.75, 3.05) is 27.1 Å². The molecule has 4 aromatic rings. The van der Waals surface area contributed by atoms with Crippen LogP contribution in [-0.2, 0) is 4.79 Å². The normalized spacial score (nSPS) is 11.2. The number of carbonyl (C=O) groups excluding carboxylic acids is 1. The maximum absolute atomic E-state index is 12.6. The molecule has 11 heteroatoms. The Balaban J connectivity index is 1.60. The highest BCUT2D eigenvalue weighted by Crippen LogP contribution is 2.41. The molecule has 0 saturated carbocycles. The van der Waals surface area contributed by atoms with Crippen LogP contribution in [0, 0.1) is 0 Å². The number of hydrogen-bond donors (Lipinski definition) is 1. The second-order valence-electron chi connectivity index (χ2n) is 7.92. The molecule has 9 nitrogen and oxygen atoms in total. The van der Waals surface area contributed by atoms with Crippen molar-refractivity contribution < 1.29 is 19.0 Å². The highest BCUT2D eigenvalue weighted by molar-refractivity contribution is 9.10. The van der Waals surface area contributed by atoms with Gasteiger partial charge in [-0.3, -0.25) is 9.36 Å². The Hall–Kier alpha value is -3.83. The van der Waals surface area contributed by atoms with Crippen LogP contribution in [0.1, 0.15) is 12.5 Å². The van der Waals surface area contributed by atoms with Gasteiger partial charge < -0.3 is 14.2 Å². The summed E-state index contributed by atoms with van der Waals surface area (Å²) in [6.07, 6.45) is 0. The minimum atomic E-state index is -0.261. The van der Waals surface area contributed by atoms with E-state index in [-0.39, 0.29) is 11.7 Å². The number of amides is 1. The molecule has 0 aliphatic carbocycles. The molecule has 0 atom stereocenters. The zero-order chi connectivity index (χ0) is 27.1. The summed E-state index contributed by atoms with van der Waals surface area (Å²) in [5.41, 5.74) is 5.79. The molecular formula is C27H26BrN5O4S. The van der Waals surface area contributed by atoms with E-state index in [2.05, 4.69) is 36.7 Å². The lowest BCUT2D eigenvalue weighted by Crippen LogP contribution is -2.21. The fourth-order valence-electron chi connectivity index (χ4n) is 3.63. The monoisotopic (exact) mass is 595 g/mol. The van der Waals surface area contributed by atoms with E-state index in [0.29, 0.717) is 39.5 Å². The number of halogens is 1. The first-order valence-corrected chi connectivity index (χ1v) is 13.3. The maximum atomic E-state index is 12.6. The molecule has 0 saturated heterocycles. The Morgan fingerprint density at radius 2 is 1.63 bits per heavy atom. The Morgan fingerprint density at radius 1 is 0.974 bits per heavy atom. The molecule has 0 unspecified atom stereocenters. The van der Waals surface area contributed by atoms with Crippen molar-refractivity contribution >= 4 is 39.3 Å². The van der Waals surface area contributed by atoms with Crippen LogP contribution in [0.2, 0.25) is 0 Å². The van der Waals surface area contributed by atoms with Crippen LogP contribution in [0.5, 0.6) is 17.2 Å². The smallest absolute Gasteiger partial charge is 0.250 e. The summed E-state index contributed by atoms with van der Waals surface area (Å²) >= 11 is 4.67. The van der Waals surface area contributed by atoms with Gasteiger partial charge in [0.1, 0.15) is 0 Å². The van der Waals surface area contributed by atoms with E-state index < -0.39 is 0 Å². The van der Waals surface area contributed by atoms with Crippen LogP contribution < -0.4 is 19.6 Å². The maximum Gasteiger partial charge on any atom is 0.250 e. The molecular weight excluding hydrogens is 570 g/mol. The number of aromatic nitrogens is 3. The average Bonchev–Trinajstić information content (AvgIpc) is 3.38. The lowest BCUT2D eigenvalue weighted by atomic mass is 10.1. The molecule has 1 aromatic heterocycles. The van der Waals surface area contributed by atoms with E-state index in [4.69, 9.17) is 14.2 Å². The van der Waals surface area contributed by atoms with Crippen LogP contribution in [0.15, 0.2) is 81.5 Å². The van der Waals surface area contributed by atoms with E-state index in [1.54, 1.807) is 21.3 Å². The molecule has 4 rings (SSSR count). The number of methoxy groups -OCH3 is 3. The number of nitrogens with one attached hydrogen (secondary N) is 1. The Morgan fingerprint density at radius 3 is 2.24 bits per heavy atom. The number of carbonyl (C=O) groups is 1. The highest BCUT2D eigenvalue weighted by atomic mass is 79.9. The minimum Gasteiger partial charge on any atom is -0.493 e. The third-order valence-electron chi connectivity index (χ3n) is 5.51. The van der Waals surface area contributed by atoms with E-state index in [1.165, 1.54) is 11.8 Å². The van der Waals surface area contributed by atoms with Crippen LogP contribution >= 0.6 is 27.7 Å². The minimum absolute atomic E-state index is 0.0946. The number of ether oxygens (including phenoxy) is 3. The summed E-state index contributed by atoms with van der Waals surface area (Å²) in [5, 5.41) is 13.6. The van der Waals surface area contributed by atoms with Crippen molar-refractivity contribution in [2.24, 2.45) is 5.10 Å². The zero-order valence-corrected chi connectivity index (χ0v) is 23.7. The summed E-state index contributed by atoms with van der Waals surface area (Å²) in [6, 6.07) is 21.0. The van der Waals surface area contributed by atoms with E-state index in [1.807, 2.05) is 78.2 Å². The SMILES string of the molecule is COc1cc(-c2nnc(SCC(=O)NN=C(C)c3ccc(Br)cc3)n2-c2ccccc2)cc(OC)c1OC. The molecule has 0 spiro atoms. The number of nitrogens with zero attached hydrogens (tertiary/aromatic N) is 4. The average molecular weight is 597 g/mol. The van der Waals surface area contributed by atoms with Crippen LogP contribution in [0.4, 0.5) is 0 Å². The largest absolute Gasteiger partial charge is 0.493 e. The number of benzene rings is 3. The highest BCUT2D eigenvalue weighted by Gasteiger charge is 2.21. The van der Waals surface area contributed by atoms with Crippen LogP contribution in [-0.4, -0.2) is 53.5 Å². The van der Waals surface area contributed by atoms with Gasteiger partial charge in [-0.2, -0.15) is 5.10 Å². The molecule has 196 valence electrons. The van der Waals surface area contributed by atoms with Gasteiger partial charge in [0.05, 0.1) is 32.8 Å². The van der Waals surface area contributed by atoms with E-state index in [9.17, 15) is 4.79 Å². The quantitative estimate of drug-likeness (QED) is 0.150. The molecule has 1 heterocycles. The zero-order valence-electron chi connectivity index (χ0n) is 21.3. The number of rotatable bonds is 10. The fraction of sp³-hybridized carbons (Fsp3) is 0.185. The van der Waals surface area contributed by atoms with Crippen molar-refractivity contribution in [2.45, 2.75) is 12.1 Å². The number of para-hydroxylation sites is 1. The molecule has 1 N–H and O–H groups in total. The van der Waals surface area contributed by atoms with Gasteiger partial charge in [-0.1, -0.05) is 58.0 Å². The molecule has 38 heavy (non-hydrogen) atoms. The second-order valence-corrected chi connectivity index (χ2v) is 9.78. The summed E-state index contributed by atoms with van der Waals surface area (Å²) in [4.78, 5) is 12.6. The molecule has 3 aromatic carbocycles. The van der Waals surface area contributed by atoms with Gasteiger partial charge in [0.2, 0.25) is 5.75 Å². The van der Waals surface area contributed by atoms with Crippen LogP contribution in [0.25, 0.3) is 17.1 Å². The predicted molar refractivity (Wildman–Crippen MR) is 152 cm³/mol. The van der Waals surface area contributed by atoms with E-state index >= 15 is 0 Å². The van der Waals surface area contributed by atoms with Gasteiger partial charge >= 0.3 is 0 Å². The Bertz CT molecular complexity index is 1420. The Labute approximate surface area is 233 Å². The molecule has 0 aliphatic heterocycles. The number of thioether (sulfide) groups is 1. The standard InChI is InChI=1S/C27H26BrN5O4S/c1-17(18-10-12-20(28)13-11-18)29-30-24(34)16-38-27-32-31-26(33(27)21-8-6-5-7-9-21)19-14-22(35-2)25(37-4)23(15-19)36-3/h5-15H,16H2,1-4H3,(H,30,34). The van der Waals surface area contributed by atoms with E-state index in [0.717, 1.165) is 15.7 Å². The third kappa shape index (κ3) is 6.17. The number of hydrazone groups is 1. The Kier molecular flexibility index (Phi) is 9.03. The number of hydrogen-bond acceptors (Lipinski definition) is 8. The summed E-state index contributed by atoms with van der Waals surface area (Å²) < 4.78 is 19.4. The van der Waals surface area contributed by atoms with Gasteiger partial charge in [0, 0.05) is 15.7 Å². The lowest BCUT2D eigenvalue weighted by Gasteiger charge is -2.15. The second kappa shape index (κ2) is 12.6. The predicted octanol–water partition coefficient (Wildman–Crippen LogP) is 5.36. The molecule has 0 radical (unpaired) electrons. The van der Waals surface area contributed by atoms with Crippen molar-refractivity contribution in [1.82, 2.24) is 20.2 Å². The molecule has 0 aliphatic rings. The van der Waals surface area contributed by atoms with Gasteiger partial charge in [0.15, 0.2) is 22.5 Å². The van der Waals surface area contributed by atoms with Gasteiger partial charge in [0.25, 0.3) is 5.91 Å². The molecule has 1 amide bonds. The first kappa shape index (κ1) is 27.2. The molecule has 0 bridgehead atoms. The summed E-state index contributed by atoms with van der Waals surface area (Å²) in [5.74, 6) is 1.87. The third-order valence-corrected chi connectivity index (χ3v) is 6.97. The van der Waals surface area contributed by atoms with Crippen molar-refractivity contribution in [1.29, 1.82) is 0 Å². The first-order valence-electron chi connectivity index (χ1n) is 11.5. The van der Waals surface area contributed by atoms with Crippen molar-refractivity contribution in [3.63, 3.8) is 0 Å². The van der Waals surface area contributed by atoms with Gasteiger partial charge in [-0.05, 0) is 48.9 Å². The summed E-state index contributed by atoms with van der Waals surface area (Å²) in [6.45, 7) is 1.84. The topological polar surface area (TPSA) is 99.9 Å². The lowest BCUT2D eigenvalue weighted by molar-refractivity contribution is -0.118. The first-order chi connectivity index (χ1) is 18.4. The van der Waals surface area contributed by atoms with Crippen molar-refractivity contribution in [3.05, 3.63) is 76.8 Å². The summed E-state index contributed by atoms with van der Waals surface area (Å²) in [7, 11) is 4.67. The fourth-order valence-corrected chi connectivity index (χ4v) is 4.64.